The zero-order valence-electron chi connectivity index (χ0n) is 15.6. The van der Waals surface area contributed by atoms with Gasteiger partial charge in [-0.25, -0.2) is 12.8 Å². The standard InChI is InChI=1S/C19H22FIN2O4S/c1-12-15(9-13-3-4-14(21)10-16(13)20)17(11-23(2)18(12)25)22-28(26,27)19(5-6-19)7-8-24/h3-4,10-11,22,24H,5-9H2,1-2H3. The van der Waals surface area contributed by atoms with Gasteiger partial charge in [0.05, 0.1) is 10.4 Å². The predicted octanol–water partition coefficient (Wildman–Crippen LogP) is 2.68. The number of nitrogens with one attached hydrogen (secondary N) is 1. The molecule has 1 fully saturated rings. The Hall–Kier alpha value is -1.46. The number of aryl methyl sites for hydroxylation is 1. The van der Waals surface area contributed by atoms with Crippen molar-refractivity contribution >= 4 is 38.3 Å². The minimum Gasteiger partial charge on any atom is -0.396 e. The summed E-state index contributed by atoms with van der Waals surface area (Å²) in [5.74, 6) is -0.403. The van der Waals surface area contributed by atoms with E-state index < -0.39 is 20.6 Å². The highest BCUT2D eigenvalue weighted by Crippen LogP contribution is 2.47. The number of benzene rings is 1. The van der Waals surface area contributed by atoms with Gasteiger partial charge in [0.1, 0.15) is 5.82 Å². The zero-order chi connectivity index (χ0) is 20.7. The summed E-state index contributed by atoms with van der Waals surface area (Å²) in [5.41, 5.74) is 1.20. The monoisotopic (exact) mass is 520 g/mol. The van der Waals surface area contributed by atoms with E-state index in [0.717, 1.165) is 3.57 Å². The van der Waals surface area contributed by atoms with Gasteiger partial charge in [-0.05, 0) is 72.0 Å². The van der Waals surface area contributed by atoms with Crippen LogP contribution in [0.4, 0.5) is 10.1 Å². The highest BCUT2D eigenvalue weighted by Gasteiger charge is 2.54. The van der Waals surface area contributed by atoms with Crippen LogP contribution >= 0.6 is 22.6 Å². The van der Waals surface area contributed by atoms with Crippen molar-refractivity contribution < 1.29 is 17.9 Å². The average molecular weight is 520 g/mol. The van der Waals surface area contributed by atoms with Crippen LogP contribution in [0.2, 0.25) is 0 Å². The van der Waals surface area contributed by atoms with Crippen molar-refractivity contribution in [2.24, 2.45) is 7.05 Å². The van der Waals surface area contributed by atoms with Gasteiger partial charge in [0.2, 0.25) is 10.0 Å². The smallest absolute Gasteiger partial charge is 0.253 e. The van der Waals surface area contributed by atoms with Gasteiger partial charge in [0.25, 0.3) is 5.56 Å². The fourth-order valence-electron chi connectivity index (χ4n) is 3.35. The second-order valence-corrected chi connectivity index (χ2v) is 10.6. The lowest BCUT2D eigenvalue weighted by molar-refractivity contribution is 0.283. The Morgan fingerprint density at radius 1 is 1.36 bits per heavy atom. The molecule has 6 nitrogen and oxygen atoms in total. The second kappa shape index (κ2) is 7.75. The van der Waals surface area contributed by atoms with Gasteiger partial charge in [-0.2, -0.15) is 0 Å². The van der Waals surface area contributed by atoms with Crippen LogP contribution in [-0.4, -0.2) is 29.4 Å². The van der Waals surface area contributed by atoms with Crippen molar-refractivity contribution in [3.8, 4) is 0 Å². The van der Waals surface area contributed by atoms with Crippen LogP contribution in [0.5, 0.6) is 0 Å². The Morgan fingerprint density at radius 2 is 2.04 bits per heavy atom. The molecule has 2 aromatic rings. The first-order valence-electron chi connectivity index (χ1n) is 8.86. The molecule has 0 atom stereocenters. The number of hydrogen-bond donors (Lipinski definition) is 2. The Morgan fingerprint density at radius 3 is 2.61 bits per heavy atom. The molecule has 0 aliphatic heterocycles. The number of hydrogen-bond acceptors (Lipinski definition) is 4. The lowest BCUT2D eigenvalue weighted by atomic mass is 10.00. The summed E-state index contributed by atoms with van der Waals surface area (Å²) < 4.78 is 43.9. The molecular weight excluding hydrogens is 498 g/mol. The van der Waals surface area contributed by atoms with Crippen molar-refractivity contribution in [1.82, 2.24) is 4.57 Å². The Balaban J connectivity index is 2.05. The second-order valence-electron chi connectivity index (χ2n) is 7.24. The van der Waals surface area contributed by atoms with E-state index in [4.69, 9.17) is 0 Å². The first-order valence-corrected chi connectivity index (χ1v) is 11.4. The van der Waals surface area contributed by atoms with Crippen LogP contribution in [-0.2, 0) is 23.5 Å². The van der Waals surface area contributed by atoms with Crippen molar-refractivity contribution in [2.45, 2.75) is 37.4 Å². The first kappa shape index (κ1) is 21.3. The molecule has 2 N–H and O–H groups in total. The van der Waals surface area contributed by atoms with E-state index in [-0.39, 0.29) is 30.7 Å². The quantitative estimate of drug-likeness (QED) is 0.550. The highest BCUT2D eigenvalue weighted by molar-refractivity contribution is 14.1. The number of nitrogens with zero attached hydrogens (tertiary/aromatic N) is 1. The third-order valence-corrected chi connectivity index (χ3v) is 8.23. The Bertz CT molecular complexity index is 1080. The van der Waals surface area contributed by atoms with E-state index in [1.54, 1.807) is 26.1 Å². The van der Waals surface area contributed by atoms with E-state index >= 15 is 0 Å². The predicted molar refractivity (Wildman–Crippen MR) is 115 cm³/mol. The van der Waals surface area contributed by atoms with Crippen molar-refractivity contribution in [3.05, 3.63) is 60.8 Å². The number of pyridine rings is 1. The van der Waals surface area contributed by atoms with Crippen LogP contribution < -0.4 is 10.3 Å². The maximum atomic E-state index is 14.4. The number of halogens is 2. The van der Waals surface area contributed by atoms with Gasteiger partial charge in [-0.3, -0.25) is 9.52 Å². The zero-order valence-corrected chi connectivity index (χ0v) is 18.6. The van der Waals surface area contributed by atoms with Crippen LogP contribution in [0.25, 0.3) is 0 Å². The molecule has 1 saturated carbocycles. The molecule has 0 unspecified atom stereocenters. The molecule has 3 rings (SSSR count). The first-order chi connectivity index (χ1) is 13.1. The maximum Gasteiger partial charge on any atom is 0.253 e. The van der Waals surface area contributed by atoms with Crippen LogP contribution in [0, 0.1) is 16.3 Å². The molecule has 0 saturated heterocycles. The summed E-state index contributed by atoms with van der Waals surface area (Å²) in [7, 11) is -2.22. The number of anilines is 1. The van der Waals surface area contributed by atoms with E-state index in [2.05, 4.69) is 4.72 Å². The fraction of sp³-hybridized carbons (Fsp3) is 0.421. The highest BCUT2D eigenvalue weighted by atomic mass is 127. The molecule has 1 aromatic carbocycles. The third-order valence-electron chi connectivity index (χ3n) is 5.31. The summed E-state index contributed by atoms with van der Waals surface area (Å²) in [6.45, 7) is 1.40. The largest absolute Gasteiger partial charge is 0.396 e. The molecule has 1 aromatic heterocycles. The van der Waals surface area contributed by atoms with E-state index in [9.17, 15) is 22.7 Å². The van der Waals surface area contributed by atoms with Crippen LogP contribution in [0.15, 0.2) is 29.2 Å². The molecule has 1 aliphatic rings. The van der Waals surface area contributed by atoms with Crippen molar-refractivity contribution in [1.29, 1.82) is 0 Å². The van der Waals surface area contributed by atoms with Gasteiger partial charge in [-0.1, -0.05) is 6.07 Å². The van der Waals surface area contributed by atoms with Gasteiger partial charge in [0, 0.05) is 35.4 Å². The van der Waals surface area contributed by atoms with Gasteiger partial charge < -0.3 is 9.67 Å². The van der Waals surface area contributed by atoms with Crippen molar-refractivity contribution in [3.63, 3.8) is 0 Å². The lowest BCUT2D eigenvalue weighted by Gasteiger charge is -2.20. The molecule has 28 heavy (non-hydrogen) atoms. The van der Waals surface area contributed by atoms with Gasteiger partial charge >= 0.3 is 0 Å². The third kappa shape index (κ3) is 3.97. The summed E-state index contributed by atoms with van der Waals surface area (Å²) in [6, 6.07) is 4.80. The summed E-state index contributed by atoms with van der Waals surface area (Å²) in [5, 5.41) is 9.22. The lowest BCUT2D eigenvalue weighted by Crippen LogP contribution is -2.32. The van der Waals surface area contributed by atoms with E-state index in [1.165, 1.54) is 16.8 Å². The number of aliphatic hydroxyl groups is 1. The molecular formula is C19H22FIN2O4S. The van der Waals surface area contributed by atoms with Crippen LogP contribution in [0.1, 0.15) is 36.0 Å². The molecule has 0 spiro atoms. The normalized spacial score (nSPS) is 15.5. The summed E-state index contributed by atoms with van der Waals surface area (Å²) >= 11 is 2.01. The SMILES string of the molecule is Cc1c(Cc2ccc(I)cc2F)c(NS(=O)(=O)C2(CCO)CC2)cn(C)c1=O. The average Bonchev–Trinajstić information content (AvgIpc) is 3.40. The van der Waals surface area contributed by atoms with Gasteiger partial charge in [0.15, 0.2) is 0 Å². The van der Waals surface area contributed by atoms with Crippen molar-refractivity contribution in [2.75, 3.05) is 11.3 Å². The Labute approximate surface area is 177 Å². The van der Waals surface area contributed by atoms with E-state index in [1.807, 2.05) is 22.6 Å². The molecule has 152 valence electrons. The number of aromatic nitrogens is 1. The summed E-state index contributed by atoms with van der Waals surface area (Å²) in [4.78, 5) is 12.4. The molecule has 0 bridgehead atoms. The number of rotatable bonds is 7. The minimum atomic E-state index is -3.76. The molecule has 1 heterocycles. The number of aliphatic hydroxyl groups excluding tert-OH is 1. The molecule has 9 heteroatoms. The minimum absolute atomic E-state index is 0.0928. The van der Waals surface area contributed by atoms with Gasteiger partial charge in [-0.15, -0.1) is 0 Å². The molecule has 0 amide bonds. The fourth-order valence-corrected chi connectivity index (χ4v) is 5.48. The maximum absolute atomic E-state index is 14.4. The topological polar surface area (TPSA) is 88.4 Å². The summed E-state index contributed by atoms with van der Waals surface area (Å²) in [6.07, 6.45) is 2.65. The van der Waals surface area contributed by atoms with E-state index in [0.29, 0.717) is 29.5 Å². The number of sulfonamides is 1. The molecule has 1 aliphatic carbocycles. The Kier molecular flexibility index (Phi) is 5.88. The molecule has 0 radical (unpaired) electrons. The van der Waals surface area contributed by atoms with Crippen LogP contribution in [0.3, 0.4) is 0 Å².